The maximum Gasteiger partial charge on any atom is 0.402 e. The van der Waals surface area contributed by atoms with Gasteiger partial charge in [0.25, 0.3) is 6.43 Å². The van der Waals surface area contributed by atoms with E-state index in [9.17, 15) is 22.0 Å². The summed E-state index contributed by atoms with van der Waals surface area (Å²) in [7, 11) is 0. The normalized spacial score (nSPS) is 21.1. The molecule has 1 heterocycles. The van der Waals surface area contributed by atoms with Crippen LogP contribution in [0.5, 0.6) is 11.5 Å². The quantitative estimate of drug-likeness (QED) is 0.538. The monoisotopic (exact) mass is 382 g/mol. The fraction of sp³-hybridized carbons (Fsp3) is 0.667. The van der Waals surface area contributed by atoms with Crippen LogP contribution in [0.1, 0.15) is 51.5 Å². The molecule has 0 aromatic heterocycles. The van der Waals surface area contributed by atoms with Crippen molar-refractivity contribution in [2.75, 3.05) is 13.2 Å². The van der Waals surface area contributed by atoms with E-state index in [0.717, 1.165) is 25.0 Å². The van der Waals surface area contributed by atoms with Crippen molar-refractivity contribution in [2.24, 2.45) is 5.92 Å². The fourth-order valence-electron chi connectivity index (χ4n) is 2.97. The highest BCUT2D eigenvalue weighted by atomic mass is 19.3. The van der Waals surface area contributed by atoms with Crippen LogP contribution >= 0.6 is 0 Å². The number of rotatable bonds is 8. The first kappa shape index (κ1) is 20.7. The van der Waals surface area contributed by atoms with Gasteiger partial charge in [-0.3, -0.25) is 0 Å². The first-order chi connectivity index (χ1) is 12.3. The molecule has 1 aliphatic heterocycles. The molecule has 1 aliphatic rings. The third-order valence-electron chi connectivity index (χ3n) is 4.32. The SMILES string of the molecule is CCCC1CCC(C(F)(F)Oc2ccc(OCC)c(F)c2C(F)F)CO1. The zero-order chi connectivity index (χ0) is 19.3. The molecule has 2 atom stereocenters. The Bertz CT molecular complexity index is 586. The zero-order valence-corrected chi connectivity index (χ0v) is 14.7. The van der Waals surface area contributed by atoms with E-state index in [1.165, 1.54) is 0 Å². The van der Waals surface area contributed by atoms with E-state index in [1.807, 2.05) is 6.92 Å². The second kappa shape index (κ2) is 8.88. The van der Waals surface area contributed by atoms with Gasteiger partial charge in [-0.05, 0) is 38.3 Å². The minimum absolute atomic E-state index is 0.0499. The van der Waals surface area contributed by atoms with Crippen LogP contribution < -0.4 is 9.47 Å². The predicted molar refractivity (Wildman–Crippen MR) is 85.5 cm³/mol. The first-order valence-corrected chi connectivity index (χ1v) is 8.71. The van der Waals surface area contributed by atoms with E-state index in [4.69, 9.17) is 9.47 Å². The van der Waals surface area contributed by atoms with Crippen molar-refractivity contribution >= 4 is 0 Å². The smallest absolute Gasteiger partial charge is 0.402 e. The lowest BCUT2D eigenvalue weighted by molar-refractivity contribution is -0.241. The van der Waals surface area contributed by atoms with Crippen molar-refractivity contribution in [3.8, 4) is 11.5 Å². The van der Waals surface area contributed by atoms with Crippen LogP contribution in [-0.4, -0.2) is 25.4 Å². The van der Waals surface area contributed by atoms with E-state index >= 15 is 0 Å². The molecule has 1 aromatic carbocycles. The number of benzene rings is 1. The Morgan fingerprint density at radius 3 is 2.42 bits per heavy atom. The lowest BCUT2D eigenvalue weighted by Crippen LogP contribution is -2.41. The summed E-state index contributed by atoms with van der Waals surface area (Å²) in [5, 5.41) is 0. The number of hydrogen-bond acceptors (Lipinski definition) is 3. The molecular formula is C18H23F5O3. The summed E-state index contributed by atoms with van der Waals surface area (Å²) in [6.07, 6.45) is -4.91. The van der Waals surface area contributed by atoms with Crippen LogP contribution in [0.4, 0.5) is 22.0 Å². The molecule has 148 valence electrons. The van der Waals surface area contributed by atoms with E-state index in [2.05, 4.69) is 4.74 Å². The maximum absolute atomic E-state index is 14.4. The average molecular weight is 382 g/mol. The molecule has 0 bridgehead atoms. The van der Waals surface area contributed by atoms with Gasteiger partial charge in [-0.2, -0.15) is 8.78 Å². The van der Waals surface area contributed by atoms with Crippen LogP contribution in [0.15, 0.2) is 12.1 Å². The van der Waals surface area contributed by atoms with Crippen molar-refractivity contribution in [3.05, 3.63) is 23.5 Å². The van der Waals surface area contributed by atoms with Crippen molar-refractivity contribution in [1.29, 1.82) is 0 Å². The highest BCUT2D eigenvalue weighted by Gasteiger charge is 2.45. The standard InChI is InChI=1S/C18H23F5O3/c1-3-5-12-7-6-11(10-25-12)18(22,23)26-13-8-9-14(24-4-2)16(19)15(13)17(20)21/h8-9,11-12,17H,3-7,10H2,1-2H3. The molecule has 0 N–H and O–H groups in total. The van der Waals surface area contributed by atoms with E-state index in [0.29, 0.717) is 6.42 Å². The highest BCUT2D eigenvalue weighted by molar-refractivity contribution is 5.43. The molecule has 1 saturated heterocycles. The van der Waals surface area contributed by atoms with Gasteiger partial charge < -0.3 is 14.2 Å². The first-order valence-electron chi connectivity index (χ1n) is 8.71. The molecule has 0 saturated carbocycles. The second-order valence-electron chi connectivity index (χ2n) is 6.21. The third kappa shape index (κ3) is 4.78. The van der Waals surface area contributed by atoms with E-state index in [-0.39, 0.29) is 25.7 Å². The molecule has 0 amide bonds. The van der Waals surface area contributed by atoms with E-state index in [1.54, 1.807) is 6.92 Å². The Balaban J connectivity index is 2.17. The van der Waals surface area contributed by atoms with Gasteiger partial charge in [0, 0.05) is 0 Å². The summed E-state index contributed by atoms with van der Waals surface area (Å²) >= 11 is 0. The Hall–Kier alpha value is -1.57. The van der Waals surface area contributed by atoms with Crippen molar-refractivity contribution in [1.82, 2.24) is 0 Å². The molecule has 1 aromatic rings. The van der Waals surface area contributed by atoms with Gasteiger partial charge in [-0.15, -0.1) is 0 Å². The largest absolute Gasteiger partial charge is 0.491 e. The molecule has 1 fully saturated rings. The zero-order valence-electron chi connectivity index (χ0n) is 14.7. The summed E-state index contributed by atoms with van der Waals surface area (Å²) in [6.45, 7) is 3.34. The van der Waals surface area contributed by atoms with Crippen molar-refractivity contribution in [3.63, 3.8) is 0 Å². The molecule has 0 spiro atoms. The molecular weight excluding hydrogens is 359 g/mol. The van der Waals surface area contributed by atoms with Crippen LogP contribution in [0, 0.1) is 11.7 Å². The van der Waals surface area contributed by atoms with Gasteiger partial charge in [-0.25, -0.2) is 13.2 Å². The number of hydrogen-bond donors (Lipinski definition) is 0. The van der Waals surface area contributed by atoms with Gasteiger partial charge >= 0.3 is 6.11 Å². The summed E-state index contributed by atoms with van der Waals surface area (Å²) in [5.41, 5.74) is -1.23. The Kier molecular flexibility index (Phi) is 7.08. The van der Waals surface area contributed by atoms with Gasteiger partial charge in [0.05, 0.1) is 30.8 Å². The van der Waals surface area contributed by atoms with Crippen LogP contribution in [-0.2, 0) is 4.74 Å². The number of halogens is 5. The van der Waals surface area contributed by atoms with Gasteiger partial charge in [0.2, 0.25) is 0 Å². The van der Waals surface area contributed by atoms with Crippen LogP contribution in [0.2, 0.25) is 0 Å². The van der Waals surface area contributed by atoms with Gasteiger partial charge in [0.1, 0.15) is 5.75 Å². The van der Waals surface area contributed by atoms with Crippen LogP contribution in [0.25, 0.3) is 0 Å². The summed E-state index contributed by atoms with van der Waals surface area (Å²) < 4.78 is 84.3. The molecule has 2 unspecified atom stereocenters. The molecule has 2 rings (SSSR count). The topological polar surface area (TPSA) is 27.7 Å². The minimum atomic E-state index is -3.75. The predicted octanol–water partition coefficient (Wildman–Crippen LogP) is 5.73. The molecule has 0 radical (unpaired) electrons. The third-order valence-corrected chi connectivity index (χ3v) is 4.32. The summed E-state index contributed by atoms with van der Waals surface area (Å²) in [4.78, 5) is 0. The maximum atomic E-state index is 14.4. The number of alkyl halides is 4. The molecule has 3 nitrogen and oxygen atoms in total. The Morgan fingerprint density at radius 1 is 1.19 bits per heavy atom. The van der Waals surface area contributed by atoms with E-state index < -0.39 is 41.3 Å². The second-order valence-corrected chi connectivity index (χ2v) is 6.21. The lowest BCUT2D eigenvalue weighted by Gasteiger charge is -2.33. The minimum Gasteiger partial charge on any atom is -0.491 e. The van der Waals surface area contributed by atoms with Crippen molar-refractivity contribution < 1.29 is 36.2 Å². The van der Waals surface area contributed by atoms with Gasteiger partial charge in [-0.1, -0.05) is 13.3 Å². The summed E-state index contributed by atoms with van der Waals surface area (Å²) in [6, 6.07) is 1.89. The highest BCUT2D eigenvalue weighted by Crippen LogP contribution is 2.41. The lowest BCUT2D eigenvalue weighted by atomic mass is 9.95. The van der Waals surface area contributed by atoms with Crippen molar-refractivity contribution in [2.45, 2.75) is 58.2 Å². The Labute approximate surface area is 149 Å². The van der Waals surface area contributed by atoms with Crippen LogP contribution in [0.3, 0.4) is 0 Å². The Morgan fingerprint density at radius 2 is 1.88 bits per heavy atom. The average Bonchev–Trinajstić information content (AvgIpc) is 2.58. The summed E-state index contributed by atoms with van der Waals surface area (Å²) in [5.74, 6) is -3.99. The number of ether oxygens (including phenoxy) is 3. The molecule has 26 heavy (non-hydrogen) atoms. The van der Waals surface area contributed by atoms with Gasteiger partial charge in [0.15, 0.2) is 11.6 Å². The molecule has 8 heteroatoms. The fourth-order valence-corrected chi connectivity index (χ4v) is 2.97. The molecule has 0 aliphatic carbocycles.